The van der Waals surface area contributed by atoms with Crippen molar-refractivity contribution in [1.29, 1.82) is 0 Å². The molecular formula is C126H72N6O9. The second-order valence-corrected chi connectivity index (χ2v) is 36.5. The normalized spacial score (nSPS) is 12.6. The van der Waals surface area contributed by atoms with Crippen molar-refractivity contribution < 1.29 is 41.7 Å². The van der Waals surface area contributed by atoms with Crippen molar-refractivity contribution >= 4 is 182 Å². The summed E-state index contributed by atoms with van der Waals surface area (Å²) >= 11 is 0. The van der Waals surface area contributed by atoms with E-state index in [1.54, 1.807) is 0 Å². The van der Waals surface area contributed by atoms with Crippen LogP contribution in [0.15, 0.2) is 450 Å². The molecule has 15 nitrogen and oxygen atoms in total. The third-order valence-corrected chi connectivity index (χ3v) is 28.6. The van der Waals surface area contributed by atoms with Crippen molar-refractivity contribution in [3.05, 3.63) is 437 Å². The van der Waals surface area contributed by atoms with Gasteiger partial charge in [-0.05, 0) is 203 Å². The average Bonchev–Trinajstić information content (AvgIpc) is 1.54. The number of hydrogen-bond acceptors (Lipinski definition) is 12. The second kappa shape index (κ2) is 29.6. The predicted octanol–water partition coefficient (Wildman–Crippen LogP) is 36.1. The molecule has 0 saturated heterocycles. The number of benzene rings is 21. The number of aromatic nitrogens is 3. The molecule has 660 valence electrons. The van der Waals surface area contributed by atoms with Crippen LogP contribution in [0, 0.1) is 0 Å². The van der Waals surface area contributed by atoms with Gasteiger partial charge in [0.15, 0.2) is 69.0 Å². The van der Waals surface area contributed by atoms with Gasteiger partial charge in [0.25, 0.3) is 0 Å². The zero-order chi connectivity index (χ0) is 91.9. The molecule has 141 heavy (non-hydrogen) atoms. The smallest absolute Gasteiger partial charge is 0.155 e. The van der Waals surface area contributed by atoms with E-state index in [2.05, 4.69) is 338 Å². The molecule has 0 fully saturated rings. The summed E-state index contributed by atoms with van der Waals surface area (Å²) in [4.78, 5) is 6.94. The fourth-order valence-electron chi connectivity index (χ4n) is 22.5. The van der Waals surface area contributed by atoms with E-state index >= 15 is 0 Å². The lowest BCUT2D eigenvalue weighted by atomic mass is 10.0. The first-order valence-corrected chi connectivity index (χ1v) is 47.3. The molecule has 0 aliphatic carbocycles. The monoisotopic (exact) mass is 1810 g/mol. The van der Waals surface area contributed by atoms with Crippen LogP contribution in [0.3, 0.4) is 0 Å². The van der Waals surface area contributed by atoms with E-state index in [1.165, 1.54) is 16.7 Å². The van der Waals surface area contributed by atoms with Crippen LogP contribution < -0.4 is 43.1 Å². The zero-order valence-corrected chi connectivity index (χ0v) is 74.9. The van der Waals surface area contributed by atoms with Gasteiger partial charge in [-0.3, -0.25) is 13.7 Å². The lowest BCUT2D eigenvalue weighted by Gasteiger charge is -2.29. The molecule has 0 saturated carbocycles. The number of hydrogen-bond donors (Lipinski definition) is 0. The number of furan rings is 3. The van der Waals surface area contributed by atoms with Crippen LogP contribution >= 0.6 is 0 Å². The third kappa shape index (κ3) is 11.5. The van der Waals surface area contributed by atoms with E-state index < -0.39 is 0 Å². The maximum Gasteiger partial charge on any atom is 0.155 e. The van der Waals surface area contributed by atoms with Crippen molar-refractivity contribution in [1.82, 2.24) is 13.7 Å². The molecule has 0 spiro atoms. The van der Waals surface area contributed by atoms with Gasteiger partial charge in [-0.25, -0.2) is 0 Å². The summed E-state index contributed by atoms with van der Waals surface area (Å²) in [5.41, 5.74) is 30.5. The first kappa shape index (κ1) is 77.0. The third-order valence-electron chi connectivity index (χ3n) is 28.6. The molecule has 6 aliphatic heterocycles. The average molecular weight is 1810 g/mol. The van der Waals surface area contributed by atoms with E-state index in [9.17, 15) is 0 Å². The van der Waals surface area contributed by atoms with Crippen LogP contribution in [0.5, 0.6) is 69.0 Å². The van der Waals surface area contributed by atoms with Crippen molar-refractivity contribution in [3.8, 4) is 119 Å². The molecule has 0 atom stereocenters. The Kier molecular flexibility index (Phi) is 16.1. The van der Waals surface area contributed by atoms with Crippen LogP contribution in [0.2, 0.25) is 0 Å². The molecule has 12 heterocycles. The standard InChI is InChI=1S/3C42H24N2O3/c1-2-10-25(11-3-1)26-12-6-13-27(22-26)43(32-16-8-18-34-39(32)30-14-4-5-17-33(30)45-34)28-23-31-29-15-7-19-35-40(29)44-41(31)38(24-28)47-37-21-9-20-36(46-35)42(37)44;1-2-8-25(9-3-1)26-16-18-27(19-17-26)43(28-20-21-31-30-10-4-5-12-34(30)45-38(31)23-28)29-22-33-32-11-6-13-35-40(32)44-41(33)39(24-29)47-37-15-7-14-36(46-35)42(37)44;1-2-8-25(9-3-1)26-16-18-27(19-17-26)43(28-20-21-35-32(22-28)30-10-4-5-12-34(30)45-35)29-23-33-31-11-6-13-36-40(31)44-41(33)39(24-29)47-38-15-7-14-37(46-36)42(38)44/h3*1-24H. The highest BCUT2D eigenvalue weighted by molar-refractivity contribution is 6.21. The SMILES string of the molecule is c1ccc(-c2ccc(N(c3ccc4c(c3)oc3ccccc34)c3cc4c5c(c3)c3cccc6c3n5-c3c(cccc3O4)O6)cc2)cc1.c1ccc(-c2ccc(N(c3ccc4oc5ccccc5c4c3)c3cc4c5c(c3)c3cccc6c3n5-c3c(cccc3O4)O6)cc2)cc1.c1ccc(-c2cccc(N(c3cc4c5c(c3)c3cccc6c3n5-c3c(cccc3O4)O6)c3cccc4oc5ccccc5c34)c2)cc1. The summed E-state index contributed by atoms with van der Waals surface area (Å²) in [5, 5.41) is 13.2. The minimum Gasteiger partial charge on any atom is -0.456 e. The van der Waals surface area contributed by atoms with Crippen molar-refractivity contribution in [2.24, 2.45) is 0 Å². The quantitative estimate of drug-likeness (QED) is 0.116. The lowest BCUT2D eigenvalue weighted by molar-refractivity contribution is 0.443. The van der Waals surface area contributed by atoms with Gasteiger partial charge in [-0.2, -0.15) is 0 Å². The molecule has 27 aromatic rings. The Hall–Kier alpha value is -19.4. The summed E-state index contributed by atoms with van der Waals surface area (Å²) < 4.78 is 65.3. The fraction of sp³-hybridized carbons (Fsp3) is 0. The first-order valence-electron chi connectivity index (χ1n) is 47.3. The summed E-state index contributed by atoms with van der Waals surface area (Å²) in [6, 6.07) is 152. The van der Waals surface area contributed by atoms with Crippen molar-refractivity contribution in [3.63, 3.8) is 0 Å². The molecule has 0 bridgehead atoms. The van der Waals surface area contributed by atoms with Gasteiger partial charge in [0, 0.05) is 112 Å². The molecule has 15 heteroatoms. The number of para-hydroxylation sites is 9. The molecule has 6 aliphatic rings. The van der Waals surface area contributed by atoms with E-state index in [-0.39, 0.29) is 0 Å². The van der Waals surface area contributed by atoms with Gasteiger partial charge < -0.3 is 56.4 Å². The van der Waals surface area contributed by atoms with E-state index in [1.807, 2.05) is 127 Å². The Balaban J connectivity index is 0.0000000972. The summed E-state index contributed by atoms with van der Waals surface area (Å²) in [6.45, 7) is 0. The van der Waals surface area contributed by atoms with Crippen LogP contribution in [0.4, 0.5) is 51.2 Å². The number of rotatable bonds is 12. The number of fused-ring (bicyclic) bond motifs is 12. The van der Waals surface area contributed by atoms with Gasteiger partial charge in [0.1, 0.15) is 50.6 Å². The van der Waals surface area contributed by atoms with Crippen molar-refractivity contribution in [2.45, 2.75) is 0 Å². The van der Waals surface area contributed by atoms with Gasteiger partial charge in [0.05, 0.1) is 61.2 Å². The van der Waals surface area contributed by atoms with Gasteiger partial charge in [0.2, 0.25) is 0 Å². The molecule has 0 radical (unpaired) electrons. The minimum absolute atomic E-state index is 0.779. The number of anilines is 9. The second-order valence-electron chi connectivity index (χ2n) is 36.5. The van der Waals surface area contributed by atoms with E-state index in [4.69, 9.17) is 41.7 Å². The molecule has 0 N–H and O–H groups in total. The first-order chi connectivity index (χ1) is 69.9. The highest BCUT2D eigenvalue weighted by atomic mass is 16.5. The minimum atomic E-state index is 0.779. The van der Waals surface area contributed by atoms with Crippen LogP contribution in [0.25, 0.3) is 182 Å². The highest BCUT2D eigenvalue weighted by Gasteiger charge is 2.38. The molecule has 0 amide bonds. The fourth-order valence-corrected chi connectivity index (χ4v) is 22.5. The van der Waals surface area contributed by atoms with Crippen LogP contribution in [-0.2, 0) is 0 Å². The zero-order valence-electron chi connectivity index (χ0n) is 74.9. The Morgan fingerprint density at radius 2 is 0.447 bits per heavy atom. The predicted molar refractivity (Wildman–Crippen MR) is 565 cm³/mol. The molecular weight excluding hydrogens is 1740 g/mol. The summed E-state index contributed by atoms with van der Waals surface area (Å²) in [5.74, 6) is 9.71. The molecule has 0 unspecified atom stereocenters. The topological polar surface area (TPSA) is 119 Å². The summed E-state index contributed by atoms with van der Waals surface area (Å²) in [6.07, 6.45) is 0. The Morgan fingerprint density at radius 3 is 0.929 bits per heavy atom. The van der Waals surface area contributed by atoms with Gasteiger partial charge in [-0.1, -0.05) is 243 Å². The number of nitrogens with zero attached hydrogens (tertiary/aromatic N) is 6. The molecule has 6 aromatic heterocycles. The van der Waals surface area contributed by atoms with Gasteiger partial charge in [-0.15, -0.1) is 0 Å². The Bertz CT molecular complexity index is 10000. The molecule has 33 rings (SSSR count). The summed E-state index contributed by atoms with van der Waals surface area (Å²) in [7, 11) is 0. The van der Waals surface area contributed by atoms with Gasteiger partial charge >= 0.3 is 0 Å². The molecule has 21 aromatic carbocycles. The maximum atomic E-state index is 6.74. The highest BCUT2D eigenvalue weighted by Crippen LogP contribution is 2.61. The van der Waals surface area contributed by atoms with E-state index in [0.717, 1.165) is 285 Å². The Morgan fingerprint density at radius 1 is 0.149 bits per heavy atom. The van der Waals surface area contributed by atoms with Crippen molar-refractivity contribution in [2.75, 3.05) is 14.7 Å². The van der Waals surface area contributed by atoms with E-state index in [0.29, 0.717) is 0 Å². The lowest BCUT2D eigenvalue weighted by Crippen LogP contribution is -2.12. The largest absolute Gasteiger partial charge is 0.456 e. The Labute approximate surface area is 803 Å². The number of ether oxygens (including phenoxy) is 6. The van der Waals surface area contributed by atoms with Crippen LogP contribution in [-0.4, -0.2) is 13.7 Å². The van der Waals surface area contributed by atoms with Crippen LogP contribution in [0.1, 0.15) is 0 Å². The maximum absolute atomic E-state index is 6.74.